The molecule has 0 fully saturated rings. The fraction of sp³-hybridized carbons (Fsp3) is 0.571. The Labute approximate surface area is 100 Å². The molecule has 0 aromatic rings. The third-order valence-electron chi connectivity index (χ3n) is 1.80. The smallest absolute Gasteiger partial charge is 0.268 e. The summed E-state index contributed by atoms with van der Waals surface area (Å²) in [6.45, 7) is 5.07. The van der Waals surface area contributed by atoms with Gasteiger partial charge in [0.15, 0.2) is 0 Å². The van der Waals surface area contributed by atoms with Crippen molar-refractivity contribution in [1.29, 1.82) is 0 Å². The molecule has 4 N–H and O–H groups in total. The van der Waals surface area contributed by atoms with Gasteiger partial charge in [0.1, 0.15) is 10.5 Å². The molecule has 0 aliphatic heterocycles. The first-order chi connectivity index (χ1) is 7.34. The molecule has 10 heteroatoms. The Morgan fingerprint density at radius 3 is 1.35 bits per heavy atom. The lowest BCUT2D eigenvalue weighted by molar-refractivity contribution is -0.113. The molecule has 0 rings (SSSR count). The first-order valence-electron chi connectivity index (χ1n) is 4.18. The summed E-state index contributed by atoms with van der Waals surface area (Å²) in [7, 11) is -8.85. The minimum Gasteiger partial charge on any atom is -0.366 e. The molecule has 0 bridgehead atoms. The van der Waals surface area contributed by atoms with Crippen LogP contribution < -0.4 is 5.73 Å². The molecule has 2 atom stereocenters. The van der Waals surface area contributed by atoms with Gasteiger partial charge in [-0.05, 0) is 19.9 Å². The van der Waals surface area contributed by atoms with Gasteiger partial charge in [-0.25, -0.2) is 0 Å². The number of amides is 1. The van der Waals surface area contributed by atoms with Crippen molar-refractivity contribution in [3.8, 4) is 0 Å². The van der Waals surface area contributed by atoms with Crippen LogP contribution in [0.25, 0.3) is 0 Å². The van der Waals surface area contributed by atoms with Crippen LogP contribution in [0.4, 0.5) is 0 Å². The Morgan fingerprint density at radius 2 is 1.29 bits per heavy atom. The lowest BCUT2D eigenvalue weighted by Gasteiger charge is -2.13. The van der Waals surface area contributed by atoms with E-state index in [9.17, 15) is 21.6 Å². The summed E-state index contributed by atoms with van der Waals surface area (Å²) in [6.07, 6.45) is 1.06. The Hall–Kier alpha value is -0.970. The molecule has 0 radical (unpaired) electrons. The van der Waals surface area contributed by atoms with E-state index in [4.69, 9.17) is 9.11 Å². The number of carbonyl (C=O) groups is 1. The van der Waals surface area contributed by atoms with Crippen molar-refractivity contribution >= 4 is 26.1 Å². The van der Waals surface area contributed by atoms with Crippen LogP contribution in [-0.4, -0.2) is 42.3 Å². The third-order valence-corrected chi connectivity index (χ3v) is 4.67. The van der Waals surface area contributed by atoms with E-state index in [1.54, 1.807) is 0 Å². The molecule has 0 saturated heterocycles. The topological polar surface area (TPSA) is 152 Å². The van der Waals surface area contributed by atoms with E-state index in [0.717, 1.165) is 19.9 Å². The first kappa shape index (κ1) is 18.4. The van der Waals surface area contributed by atoms with Gasteiger partial charge < -0.3 is 5.73 Å². The van der Waals surface area contributed by atoms with Crippen LogP contribution in [0.15, 0.2) is 12.7 Å². The minimum absolute atomic E-state index is 0.481. The molecular weight excluding hydrogens is 274 g/mol. The standard InChI is InChI=1S/C4H10O6S2.C3H5NO/c1-3(11(5,6)7)4(2)12(8,9)10;1-2-3(4)5/h3-4H,1-2H3,(H,5,6,7)(H,8,9,10);2H,1H2,(H2,4,5). The highest BCUT2D eigenvalue weighted by Crippen LogP contribution is 2.10. The first-order valence-corrected chi connectivity index (χ1v) is 7.19. The van der Waals surface area contributed by atoms with E-state index >= 15 is 0 Å². The molecule has 0 aliphatic rings. The molecule has 0 spiro atoms. The maximum Gasteiger partial charge on any atom is 0.268 e. The molecule has 17 heavy (non-hydrogen) atoms. The number of primary amides is 1. The Morgan fingerprint density at radius 1 is 1.12 bits per heavy atom. The van der Waals surface area contributed by atoms with Crippen molar-refractivity contribution in [3.63, 3.8) is 0 Å². The second-order valence-corrected chi connectivity index (χ2v) is 6.59. The van der Waals surface area contributed by atoms with E-state index in [2.05, 4.69) is 12.3 Å². The predicted molar refractivity (Wildman–Crippen MR) is 61.4 cm³/mol. The molecule has 102 valence electrons. The second-order valence-electron chi connectivity index (χ2n) is 3.05. The van der Waals surface area contributed by atoms with E-state index in [1.807, 2.05) is 0 Å². The summed E-state index contributed by atoms with van der Waals surface area (Å²) in [4.78, 5) is 9.47. The van der Waals surface area contributed by atoms with Gasteiger partial charge in [0, 0.05) is 0 Å². The van der Waals surface area contributed by atoms with Gasteiger partial charge in [0.25, 0.3) is 20.2 Å². The van der Waals surface area contributed by atoms with Gasteiger partial charge in [-0.2, -0.15) is 16.8 Å². The van der Waals surface area contributed by atoms with Crippen LogP contribution in [-0.2, 0) is 25.0 Å². The van der Waals surface area contributed by atoms with Gasteiger partial charge in [0.2, 0.25) is 5.91 Å². The monoisotopic (exact) mass is 289 g/mol. The number of carbonyl (C=O) groups excluding carboxylic acids is 1. The Balaban J connectivity index is 0. The number of nitrogens with two attached hydrogens (primary N) is 1. The van der Waals surface area contributed by atoms with Crippen molar-refractivity contribution in [2.75, 3.05) is 0 Å². The average Bonchev–Trinajstić information content (AvgIpc) is 2.13. The summed E-state index contributed by atoms with van der Waals surface area (Å²) >= 11 is 0. The second kappa shape index (κ2) is 6.69. The van der Waals surface area contributed by atoms with Crippen LogP contribution in [0.1, 0.15) is 13.8 Å². The van der Waals surface area contributed by atoms with Crippen molar-refractivity contribution in [3.05, 3.63) is 12.7 Å². The SMILES string of the molecule is C=CC(N)=O.CC(C(C)S(=O)(=O)O)S(=O)(=O)O. The van der Waals surface area contributed by atoms with E-state index in [1.165, 1.54) is 0 Å². The number of hydrogen-bond acceptors (Lipinski definition) is 5. The lowest BCUT2D eigenvalue weighted by Crippen LogP contribution is -2.34. The molecule has 0 aliphatic carbocycles. The molecular formula is C7H15NO7S2. The maximum atomic E-state index is 10.4. The quantitative estimate of drug-likeness (QED) is 0.452. The fourth-order valence-corrected chi connectivity index (χ4v) is 2.30. The van der Waals surface area contributed by atoms with Gasteiger partial charge in [-0.3, -0.25) is 13.9 Å². The van der Waals surface area contributed by atoms with E-state index in [0.29, 0.717) is 0 Å². The molecule has 8 nitrogen and oxygen atoms in total. The zero-order valence-electron chi connectivity index (χ0n) is 9.27. The van der Waals surface area contributed by atoms with Crippen molar-refractivity contribution < 1.29 is 30.7 Å². The van der Waals surface area contributed by atoms with Crippen molar-refractivity contribution in [2.24, 2.45) is 5.73 Å². The minimum atomic E-state index is -4.42. The molecule has 0 aromatic carbocycles. The summed E-state index contributed by atoms with van der Waals surface area (Å²) in [5.74, 6) is -0.481. The summed E-state index contributed by atoms with van der Waals surface area (Å²) in [6, 6.07) is 0. The van der Waals surface area contributed by atoms with Crippen LogP contribution in [0.5, 0.6) is 0 Å². The highest BCUT2D eigenvalue weighted by Gasteiger charge is 2.32. The molecule has 0 saturated carbocycles. The molecule has 0 aromatic heterocycles. The normalized spacial score (nSPS) is 15.1. The number of rotatable bonds is 4. The third kappa shape index (κ3) is 8.80. The van der Waals surface area contributed by atoms with Gasteiger partial charge >= 0.3 is 0 Å². The number of hydrogen-bond donors (Lipinski definition) is 3. The van der Waals surface area contributed by atoms with Crippen molar-refractivity contribution in [2.45, 2.75) is 24.3 Å². The summed E-state index contributed by atoms with van der Waals surface area (Å²) in [5, 5.41) is -3.07. The zero-order chi connectivity index (χ0) is 14.4. The average molecular weight is 289 g/mol. The van der Waals surface area contributed by atoms with Crippen LogP contribution >= 0.6 is 0 Å². The largest absolute Gasteiger partial charge is 0.366 e. The van der Waals surface area contributed by atoms with Crippen LogP contribution in [0.2, 0.25) is 0 Å². The molecule has 1 amide bonds. The fourth-order valence-electron chi connectivity index (χ4n) is 0.484. The summed E-state index contributed by atoms with van der Waals surface area (Å²) in [5.41, 5.74) is 4.53. The van der Waals surface area contributed by atoms with Gasteiger partial charge in [-0.15, -0.1) is 0 Å². The molecule has 0 heterocycles. The Bertz CT molecular complexity index is 428. The zero-order valence-corrected chi connectivity index (χ0v) is 10.9. The summed E-state index contributed by atoms with van der Waals surface area (Å²) < 4.78 is 58.4. The van der Waals surface area contributed by atoms with Crippen LogP contribution in [0.3, 0.4) is 0 Å². The predicted octanol–water partition coefficient (Wildman–Crippen LogP) is -0.803. The molecule has 2 unspecified atom stereocenters. The van der Waals surface area contributed by atoms with E-state index in [-0.39, 0.29) is 0 Å². The maximum absolute atomic E-state index is 10.4. The van der Waals surface area contributed by atoms with Crippen LogP contribution in [0, 0.1) is 0 Å². The van der Waals surface area contributed by atoms with E-state index < -0.39 is 36.6 Å². The van der Waals surface area contributed by atoms with Gasteiger partial charge in [0.05, 0.1) is 0 Å². The lowest BCUT2D eigenvalue weighted by atomic mass is 10.4. The highest BCUT2D eigenvalue weighted by atomic mass is 32.2. The highest BCUT2D eigenvalue weighted by molar-refractivity contribution is 7.90. The Kier molecular flexibility index (Phi) is 7.24. The van der Waals surface area contributed by atoms with Crippen molar-refractivity contribution in [1.82, 2.24) is 0 Å². The van der Waals surface area contributed by atoms with Gasteiger partial charge in [-0.1, -0.05) is 6.58 Å².